The van der Waals surface area contributed by atoms with E-state index >= 15 is 0 Å². The predicted octanol–water partition coefficient (Wildman–Crippen LogP) is 2.41. The second kappa shape index (κ2) is 3.68. The van der Waals surface area contributed by atoms with Crippen LogP contribution in [-0.4, -0.2) is 0 Å². The molecule has 2 heteroatoms. The lowest BCUT2D eigenvalue weighted by Crippen LogP contribution is -2.05. The highest BCUT2D eigenvalue weighted by Gasteiger charge is 2.08. The largest absolute Gasteiger partial charge is 0.326 e. The number of halogens is 1. The Morgan fingerprint density at radius 2 is 2.08 bits per heavy atom. The van der Waals surface area contributed by atoms with Crippen molar-refractivity contribution in [3.63, 3.8) is 0 Å². The normalized spacial score (nSPS) is 10.8. The van der Waals surface area contributed by atoms with Crippen molar-refractivity contribution >= 4 is 0 Å². The van der Waals surface area contributed by atoms with Crippen LogP contribution in [0.4, 0.5) is 4.39 Å². The van der Waals surface area contributed by atoms with E-state index in [0.29, 0.717) is 11.5 Å². The molecule has 0 saturated carbocycles. The maximum absolute atomic E-state index is 13.1. The molecule has 12 heavy (non-hydrogen) atoms. The summed E-state index contributed by atoms with van der Waals surface area (Å²) in [6.45, 7) is 4.35. The molecule has 0 radical (unpaired) electrons. The standard InChI is InChI=1S/C10H14FN/c1-7(2)8-4-3-5-10(11)9(8)6-12/h3-5,7H,6,12H2,1-2H3. The summed E-state index contributed by atoms with van der Waals surface area (Å²) in [4.78, 5) is 0. The van der Waals surface area contributed by atoms with Crippen LogP contribution in [0, 0.1) is 5.82 Å². The van der Waals surface area contributed by atoms with Gasteiger partial charge < -0.3 is 5.73 Å². The van der Waals surface area contributed by atoms with Gasteiger partial charge in [-0.15, -0.1) is 0 Å². The van der Waals surface area contributed by atoms with Gasteiger partial charge in [-0.2, -0.15) is 0 Å². The van der Waals surface area contributed by atoms with Gasteiger partial charge in [0.15, 0.2) is 0 Å². The van der Waals surface area contributed by atoms with E-state index in [1.165, 1.54) is 6.07 Å². The molecule has 2 N–H and O–H groups in total. The van der Waals surface area contributed by atoms with Crippen LogP contribution in [0.2, 0.25) is 0 Å². The highest BCUT2D eigenvalue weighted by atomic mass is 19.1. The zero-order valence-electron chi connectivity index (χ0n) is 7.47. The molecule has 0 fully saturated rings. The van der Waals surface area contributed by atoms with E-state index < -0.39 is 0 Å². The number of benzene rings is 1. The monoisotopic (exact) mass is 167 g/mol. The first-order valence-electron chi connectivity index (χ1n) is 4.14. The first kappa shape index (κ1) is 9.20. The van der Waals surface area contributed by atoms with Gasteiger partial charge in [-0.25, -0.2) is 4.39 Å². The first-order chi connectivity index (χ1) is 5.66. The summed E-state index contributed by atoms with van der Waals surface area (Å²) in [6.07, 6.45) is 0. The molecule has 0 aromatic heterocycles. The minimum atomic E-state index is -0.191. The Morgan fingerprint density at radius 1 is 1.42 bits per heavy atom. The summed E-state index contributed by atoms with van der Waals surface area (Å²) < 4.78 is 13.1. The van der Waals surface area contributed by atoms with Gasteiger partial charge in [-0.05, 0) is 17.5 Å². The fourth-order valence-electron chi connectivity index (χ4n) is 1.33. The zero-order valence-corrected chi connectivity index (χ0v) is 7.47. The molecule has 0 aliphatic carbocycles. The van der Waals surface area contributed by atoms with Gasteiger partial charge in [0.1, 0.15) is 5.82 Å². The van der Waals surface area contributed by atoms with Crippen molar-refractivity contribution in [2.45, 2.75) is 26.3 Å². The molecular weight excluding hydrogens is 153 g/mol. The molecule has 0 spiro atoms. The van der Waals surface area contributed by atoms with Crippen LogP contribution in [-0.2, 0) is 6.54 Å². The van der Waals surface area contributed by atoms with Crippen LogP contribution >= 0.6 is 0 Å². The quantitative estimate of drug-likeness (QED) is 0.719. The summed E-state index contributed by atoms with van der Waals surface area (Å²) in [5.41, 5.74) is 7.11. The molecule has 1 aromatic carbocycles. The van der Waals surface area contributed by atoms with Crippen LogP contribution in [0.25, 0.3) is 0 Å². The Labute approximate surface area is 72.4 Å². The van der Waals surface area contributed by atoms with Crippen molar-refractivity contribution in [3.05, 3.63) is 35.1 Å². The van der Waals surface area contributed by atoms with Crippen molar-refractivity contribution in [1.29, 1.82) is 0 Å². The topological polar surface area (TPSA) is 26.0 Å². The Bertz CT molecular complexity index is 269. The average molecular weight is 167 g/mol. The Balaban J connectivity index is 3.18. The average Bonchev–Trinajstić information content (AvgIpc) is 2.03. The number of nitrogens with two attached hydrogens (primary N) is 1. The van der Waals surface area contributed by atoms with Crippen LogP contribution in [0.3, 0.4) is 0 Å². The minimum absolute atomic E-state index is 0.191. The minimum Gasteiger partial charge on any atom is -0.326 e. The Kier molecular flexibility index (Phi) is 2.82. The van der Waals surface area contributed by atoms with Crippen LogP contribution < -0.4 is 5.73 Å². The van der Waals surface area contributed by atoms with E-state index in [1.807, 2.05) is 19.9 Å². The predicted molar refractivity (Wildman–Crippen MR) is 48.4 cm³/mol. The maximum Gasteiger partial charge on any atom is 0.127 e. The van der Waals surface area contributed by atoms with E-state index in [9.17, 15) is 4.39 Å². The molecule has 0 aliphatic heterocycles. The molecule has 1 aromatic rings. The molecule has 0 unspecified atom stereocenters. The molecule has 0 bridgehead atoms. The Morgan fingerprint density at radius 3 is 2.50 bits per heavy atom. The number of rotatable bonds is 2. The Hall–Kier alpha value is -0.890. The number of hydrogen-bond donors (Lipinski definition) is 1. The van der Waals surface area contributed by atoms with Crippen molar-refractivity contribution in [2.75, 3.05) is 0 Å². The number of hydrogen-bond acceptors (Lipinski definition) is 1. The van der Waals surface area contributed by atoms with E-state index in [4.69, 9.17) is 5.73 Å². The van der Waals surface area contributed by atoms with Gasteiger partial charge in [0.25, 0.3) is 0 Å². The SMILES string of the molecule is CC(C)c1cccc(F)c1CN. The van der Waals surface area contributed by atoms with Gasteiger partial charge in [0.2, 0.25) is 0 Å². The zero-order chi connectivity index (χ0) is 9.14. The first-order valence-corrected chi connectivity index (χ1v) is 4.14. The summed E-state index contributed by atoms with van der Waals surface area (Å²) in [5, 5.41) is 0. The van der Waals surface area contributed by atoms with Crippen LogP contribution in [0.5, 0.6) is 0 Å². The van der Waals surface area contributed by atoms with Crippen molar-refractivity contribution < 1.29 is 4.39 Å². The maximum atomic E-state index is 13.1. The molecular formula is C10H14FN. The van der Waals surface area contributed by atoms with E-state index in [0.717, 1.165) is 5.56 Å². The lowest BCUT2D eigenvalue weighted by Gasteiger charge is -2.11. The molecule has 0 aliphatic rings. The van der Waals surface area contributed by atoms with E-state index in [1.54, 1.807) is 6.07 Å². The summed E-state index contributed by atoms with van der Waals surface area (Å²) in [7, 11) is 0. The third-order valence-electron chi connectivity index (χ3n) is 1.98. The smallest absolute Gasteiger partial charge is 0.127 e. The lowest BCUT2D eigenvalue weighted by molar-refractivity contribution is 0.603. The molecule has 66 valence electrons. The highest BCUT2D eigenvalue weighted by molar-refractivity contribution is 5.30. The molecule has 1 rings (SSSR count). The van der Waals surface area contributed by atoms with Crippen molar-refractivity contribution in [1.82, 2.24) is 0 Å². The van der Waals surface area contributed by atoms with Crippen LogP contribution in [0.1, 0.15) is 30.9 Å². The second-order valence-corrected chi connectivity index (χ2v) is 3.17. The molecule has 0 heterocycles. The summed E-state index contributed by atoms with van der Waals surface area (Å²) in [5.74, 6) is 0.142. The molecule has 0 amide bonds. The lowest BCUT2D eigenvalue weighted by atomic mass is 9.97. The van der Waals surface area contributed by atoms with Gasteiger partial charge >= 0.3 is 0 Å². The highest BCUT2D eigenvalue weighted by Crippen LogP contribution is 2.20. The van der Waals surface area contributed by atoms with Crippen LogP contribution in [0.15, 0.2) is 18.2 Å². The fourth-order valence-corrected chi connectivity index (χ4v) is 1.33. The third-order valence-corrected chi connectivity index (χ3v) is 1.98. The van der Waals surface area contributed by atoms with Gasteiger partial charge in [-0.1, -0.05) is 26.0 Å². The molecule has 1 nitrogen and oxygen atoms in total. The fraction of sp³-hybridized carbons (Fsp3) is 0.400. The van der Waals surface area contributed by atoms with Crippen molar-refractivity contribution in [2.24, 2.45) is 5.73 Å². The van der Waals surface area contributed by atoms with Gasteiger partial charge in [0.05, 0.1) is 0 Å². The summed E-state index contributed by atoms with van der Waals surface area (Å²) >= 11 is 0. The molecule has 0 saturated heterocycles. The van der Waals surface area contributed by atoms with E-state index in [2.05, 4.69) is 0 Å². The second-order valence-electron chi connectivity index (χ2n) is 3.17. The summed E-state index contributed by atoms with van der Waals surface area (Å²) in [6, 6.07) is 5.10. The molecule has 0 atom stereocenters. The third kappa shape index (κ3) is 1.64. The van der Waals surface area contributed by atoms with Gasteiger partial charge in [0, 0.05) is 12.1 Å². The van der Waals surface area contributed by atoms with Gasteiger partial charge in [-0.3, -0.25) is 0 Å². The van der Waals surface area contributed by atoms with Crippen molar-refractivity contribution in [3.8, 4) is 0 Å². The van der Waals surface area contributed by atoms with E-state index in [-0.39, 0.29) is 12.4 Å².